The summed E-state index contributed by atoms with van der Waals surface area (Å²) < 4.78 is 49.2. The Kier molecular flexibility index (Phi) is 8.48. The van der Waals surface area contributed by atoms with Gasteiger partial charge in [0, 0.05) is 22.8 Å². The number of aromatic nitrogens is 1. The second-order valence-corrected chi connectivity index (χ2v) is 8.26. The lowest BCUT2D eigenvalue weighted by Crippen LogP contribution is -2.17. The van der Waals surface area contributed by atoms with Gasteiger partial charge in [-0.2, -0.15) is 13.2 Å². The number of aliphatic carboxylic acids is 1. The summed E-state index contributed by atoms with van der Waals surface area (Å²) in [6, 6.07) is 19.5. The lowest BCUT2D eigenvalue weighted by Gasteiger charge is -2.09. The molecule has 0 aliphatic carbocycles. The van der Waals surface area contributed by atoms with Crippen molar-refractivity contribution in [1.29, 1.82) is 0 Å². The van der Waals surface area contributed by atoms with Gasteiger partial charge < -0.3 is 24.0 Å². The average Bonchev–Trinajstić information content (AvgIpc) is 3.43. The van der Waals surface area contributed by atoms with Crippen LogP contribution in [-0.4, -0.2) is 34.8 Å². The van der Waals surface area contributed by atoms with Gasteiger partial charge in [-0.25, -0.2) is 4.79 Å². The van der Waals surface area contributed by atoms with E-state index in [-0.39, 0.29) is 18.1 Å². The zero-order chi connectivity index (χ0) is 28.7. The Labute approximate surface area is 226 Å². The lowest BCUT2D eigenvalue weighted by molar-refractivity contribution is -0.137. The van der Waals surface area contributed by atoms with Crippen LogP contribution in [0, 0.1) is 0 Å². The number of carboxylic acid groups (broad SMARTS) is 1. The topological polar surface area (TPSA) is 116 Å². The van der Waals surface area contributed by atoms with Gasteiger partial charge >= 0.3 is 12.1 Å². The molecule has 0 radical (unpaired) electrons. The van der Waals surface area contributed by atoms with Crippen molar-refractivity contribution in [1.82, 2.24) is 5.16 Å². The summed E-state index contributed by atoms with van der Waals surface area (Å²) in [5, 5.41) is 21.1. The monoisotopic (exact) mass is 553 g/mol. The molecule has 4 rings (SSSR count). The molecule has 0 fully saturated rings. The van der Waals surface area contributed by atoms with E-state index in [1.807, 2.05) is 0 Å². The number of carbonyl (C=O) groups is 1. The van der Waals surface area contributed by atoms with Gasteiger partial charge in [-0.05, 0) is 55.5 Å². The zero-order valence-corrected chi connectivity index (χ0v) is 21.2. The van der Waals surface area contributed by atoms with Crippen LogP contribution in [0.4, 0.5) is 13.2 Å². The number of alkyl halides is 3. The van der Waals surface area contributed by atoms with Gasteiger partial charge in [0.05, 0.1) is 5.56 Å². The van der Waals surface area contributed by atoms with E-state index < -0.39 is 17.7 Å². The maximum atomic E-state index is 12.7. The predicted molar refractivity (Wildman–Crippen MR) is 138 cm³/mol. The van der Waals surface area contributed by atoms with Crippen molar-refractivity contribution in [2.45, 2.75) is 19.7 Å². The van der Waals surface area contributed by atoms with Gasteiger partial charge in [-0.3, -0.25) is 0 Å². The van der Waals surface area contributed by atoms with E-state index in [1.165, 1.54) is 19.2 Å². The van der Waals surface area contributed by atoms with Gasteiger partial charge in [0.1, 0.15) is 36.6 Å². The molecule has 1 N–H and O–H groups in total. The van der Waals surface area contributed by atoms with Crippen molar-refractivity contribution >= 4 is 17.4 Å². The fourth-order valence-electron chi connectivity index (χ4n) is 3.54. The first-order valence-electron chi connectivity index (χ1n) is 11.7. The van der Waals surface area contributed by atoms with Crippen molar-refractivity contribution in [3.05, 3.63) is 101 Å². The minimum absolute atomic E-state index is 0.0368. The number of benzene rings is 3. The second kappa shape index (κ2) is 12.2. The van der Waals surface area contributed by atoms with Gasteiger partial charge in [0.2, 0.25) is 0 Å². The summed E-state index contributed by atoms with van der Waals surface area (Å²) in [5.41, 5.74) is 1.45. The molecule has 4 aromatic rings. The van der Waals surface area contributed by atoms with E-state index in [0.717, 1.165) is 12.1 Å². The highest BCUT2D eigenvalue weighted by atomic mass is 19.4. The molecule has 0 atom stereocenters. The molecule has 12 heteroatoms. The number of hydrogen-bond donors (Lipinski definition) is 1. The van der Waals surface area contributed by atoms with Crippen LogP contribution in [0.3, 0.4) is 0 Å². The summed E-state index contributed by atoms with van der Waals surface area (Å²) in [4.78, 5) is 21.6. The molecule has 0 bridgehead atoms. The number of rotatable bonds is 10. The Morgan fingerprint density at radius 3 is 2.25 bits per heavy atom. The van der Waals surface area contributed by atoms with E-state index in [1.54, 1.807) is 61.5 Å². The average molecular weight is 553 g/mol. The van der Waals surface area contributed by atoms with Crippen molar-refractivity contribution in [2.75, 3.05) is 7.11 Å². The van der Waals surface area contributed by atoms with Crippen molar-refractivity contribution in [2.24, 2.45) is 10.3 Å². The second-order valence-electron chi connectivity index (χ2n) is 8.26. The van der Waals surface area contributed by atoms with Crippen molar-refractivity contribution < 1.29 is 42.0 Å². The van der Waals surface area contributed by atoms with Crippen LogP contribution in [0.5, 0.6) is 11.5 Å². The fraction of sp³-hybridized carbons (Fsp3) is 0.143. The number of carboxylic acids is 1. The highest BCUT2D eigenvalue weighted by Gasteiger charge is 2.30. The normalized spacial score (nSPS) is 12.2. The minimum atomic E-state index is -4.41. The molecule has 0 amide bonds. The van der Waals surface area contributed by atoms with Gasteiger partial charge in [0.25, 0.3) is 0 Å². The van der Waals surface area contributed by atoms with Crippen LogP contribution in [-0.2, 0) is 27.3 Å². The summed E-state index contributed by atoms with van der Waals surface area (Å²) in [7, 11) is 1.26. The molecule has 3 aromatic carbocycles. The fourth-order valence-corrected chi connectivity index (χ4v) is 3.54. The van der Waals surface area contributed by atoms with Gasteiger partial charge in [0.15, 0.2) is 11.5 Å². The highest BCUT2D eigenvalue weighted by Crippen LogP contribution is 2.32. The van der Waals surface area contributed by atoms with Crippen molar-refractivity contribution in [3.8, 4) is 22.8 Å². The highest BCUT2D eigenvalue weighted by molar-refractivity contribution is 6.42. The molecular weight excluding hydrogens is 531 g/mol. The lowest BCUT2D eigenvalue weighted by atomic mass is 10.0. The van der Waals surface area contributed by atoms with Crippen LogP contribution in [0.25, 0.3) is 11.3 Å². The number of oxime groups is 2. The van der Waals surface area contributed by atoms with Crippen LogP contribution < -0.4 is 4.74 Å². The molecule has 0 unspecified atom stereocenters. The Morgan fingerprint density at radius 2 is 1.62 bits per heavy atom. The molecule has 1 heterocycles. The minimum Gasteiger partial charge on any atom is -0.476 e. The maximum absolute atomic E-state index is 12.7. The summed E-state index contributed by atoms with van der Waals surface area (Å²) in [6.45, 7) is 1.62. The summed E-state index contributed by atoms with van der Waals surface area (Å²) in [5.74, 6) is -0.202. The van der Waals surface area contributed by atoms with Crippen LogP contribution in [0.15, 0.2) is 93.7 Å². The first kappa shape index (κ1) is 27.9. The predicted octanol–water partition coefficient (Wildman–Crippen LogP) is 6.53. The van der Waals surface area contributed by atoms with E-state index in [9.17, 15) is 23.1 Å². The third kappa shape index (κ3) is 6.84. The largest absolute Gasteiger partial charge is 0.476 e. The standard InChI is InChI=1S/C28H22F3N3O6/c1-17(32-38-16-19-5-3-4-6-23(19)26(27(35)36)34-37-2)25-15-24(33-40-25)18-7-11-21(12-8-18)39-22-13-9-20(10-14-22)28(29,30)31/h3-15H,16H2,1-2H3,(H,35,36)/b32-17+,34-26-. The molecule has 0 saturated heterocycles. The van der Waals surface area contributed by atoms with Crippen molar-refractivity contribution in [3.63, 3.8) is 0 Å². The molecule has 0 saturated carbocycles. The first-order chi connectivity index (χ1) is 19.2. The molecule has 40 heavy (non-hydrogen) atoms. The number of hydrogen-bond acceptors (Lipinski definition) is 8. The maximum Gasteiger partial charge on any atom is 0.416 e. The Bertz CT molecular complexity index is 1530. The van der Waals surface area contributed by atoms with Crippen LogP contribution in [0.2, 0.25) is 0 Å². The molecule has 0 spiro atoms. The Hall–Kier alpha value is -5.13. The third-order valence-corrected chi connectivity index (χ3v) is 5.51. The van der Waals surface area contributed by atoms with Crippen LogP contribution >= 0.6 is 0 Å². The van der Waals surface area contributed by atoms with Gasteiger partial charge in [-0.15, -0.1) is 0 Å². The Morgan fingerprint density at radius 1 is 0.975 bits per heavy atom. The SMILES string of the molecule is CO/N=C(\C(=O)O)c1ccccc1CO/N=C(\C)c1cc(-c2ccc(Oc3ccc(C(F)(F)F)cc3)cc2)no1. The summed E-state index contributed by atoms with van der Waals surface area (Å²) in [6.07, 6.45) is -4.41. The number of halogens is 3. The molecule has 0 aliphatic rings. The number of ether oxygens (including phenoxy) is 1. The Balaban J connectivity index is 1.39. The zero-order valence-electron chi connectivity index (χ0n) is 21.2. The smallest absolute Gasteiger partial charge is 0.416 e. The third-order valence-electron chi connectivity index (χ3n) is 5.51. The van der Waals surface area contributed by atoms with E-state index >= 15 is 0 Å². The van der Waals surface area contributed by atoms with Crippen LogP contribution in [0.1, 0.15) is 29.4 Å². The molecule has 9 nitrogen and oxygen atoms in total. The van der Waals surface area contributed by atoms with Gasteiger partial charge in [-0.1, -0.05) is 39.7 Å². The number of nitrogens with zero attached hydrogens (tertiary/aromatic N) is 3. The van der Waals surface area contributed by atoms with E-state index in [4.69, 9.17) is 14.1 Å². The molecule has 0 aliphatic heterocycles. The molecule has 206 valence electrons. The van der Waals surface area contributed by atoms with E-state index in [0.29, 0.717) is 39.6 Å². The molecule has 1 aromatic heterocycles. The van der Waals surface area contributed by atoms with E-state index in [2.05, 4.69) is 20.3 Å². The molecular formula is C28H22F3N3O6. The first-order valence-corrected chi connectivity index (χ1v) is 11.7. The summed E-state index contributed by atoms with van der Waals surface area (Å²) >= 11 is 0. The quantitative estimate of drug-likeness (QED) is 0.175.